The minimum atomic E-state index is 0.221. The van der Waals surface area contributed by atoms with Crippen molar-refractivity contribution in [3.63, 3.8) is 0 Å². The van der Waals surface area contributed by atoms with E-state index in [4.69, 9.17) is 19.3 Å². The Morgan fingerprint density at radius 3 is 2.73 bits per heavy atom. The molecule has 2 heterocycles. The highest BCUT2D eigenvalue weighted by Crippen LogP contribution is 2.35. The molecule has 0 radical (unpaired) electrons. The van der Waals surface area contributed by atoms with Gasteiger partial charge in [-0.15, -0.1) is 0 Å². The molecular weight excluding hydrogens is 332 g/mol. The monoisotopic (exact) mass is 348 g/mol. The first-order valence-corrected chi connectivity index (χ1v) is 8.17. The number of ether oxygens (including phenoxy) is 2. The molecule has 0 amide bonds. The Balaban J connectivity index is 1.49. The number of benzene rings is 2. The minimum absolute atomic E-state index is 0.221. The molecule has 0 bridgehead atoms. The van der Waals surface area contributed by atoms with Gasteiger partial charge in [-0.25, -0.2) is 0 Å². The van der Waals surface area contributed by atoms with Crippen LogP contribution in [0.5, 0.6) is 11.5 Å². The van der Waals surface area contributed by atoms with Gasteiger partial charge in [0.25, 0.3) is 0 Å². The van der Waals surface area contributed by atoms with Gasteiger partial charge in [-0.1, -0.05) is 35.5 Å². The molecule has 1 aromatic heterocycles. The number of nitrogens with zero attached hydrogens (tertiary/aromatic N) is 4. The molecule has 1 aliphatic rings. The first-order valence-electron chi connectivity index (χ1n) is 8.17. The van der Waals surface area contributed by atoms with Crippen molar-refractivity contribution in [2.45, 2.75) is 13.1 Å². The van der Waals surface area contributed by atoms with E-state index in [0.29, 0.717) is 36.3 Å². The summed E-state index contributed by atoms with van der Waals surface area (Å²) in [5.74, 6) is 2.32. The number of aromatic nitrogens is 2. The molecule has 0 atom stereocenters. The average Bonchev–Trinajstić information content (AvgIpc) is 3.31. The molecule has 3 aromatic rings. The van der Waals surface area contributed by atoms with Crippen LogP contribution in [0.3, 0.4) is 0 Å². The van der Waals surface area contributed by atoms with Gasteiger partial charge in [0, 0.05) is 12.1 Å². The fraction of sp³-hybridized carbons (Fsp3) is 0.211. The van der Waals surface area contributed by atoms with Gasteiger partial charge in [0.05, 0.1) is 19.2 Å². The number of hydrogen-bond acceptors (Lipinski definition) is 7. The third-order valence-electron chi connectivity index (χ3n) is 4.00. The van der Waals surface area contributed by atoms with E-state index >= 15 is 0 Å². The maximum absolute atomic E-state index is 9.08. The molecule has 2 aromatic carbocycles. The van der Waals surface area contributed by atoms with Crippen LogP contribution in [0, 0.1) is 11.3 Å². The lowest BCUT2D eigenvalue weighted by molar-refractivity contribution is 0.174. The van der Waals surface area contributed by atoms with Crippen molar-refractivity contribution < 1.29 is 14.0 Å². The maximum atomic E-state index is 9.08. The second-order valence-corrected chi connectivity index (χ2v) is 5.87. The van der Waals surface area contributed by atoms with Crippen molar-refractivity contribution in [3.05, 3.63) is 60.0 Å². The van der Waals surface area contributed by atoms with Gasteiger partial charge in [0.2, 0.25) is 18.5 Å². The van der Waals surface area contributed by atoms with Crippen LogP contribution in [0.1, 0.15) is 11.5 Å². The van der Waals surface area contributed by atoms with Gasteiger partial charge in [0.1, 0.15) is 0 Å². The molecule has 0 fully saturated rings. The Morgan fingerprint density at radius 2 is 1.88 bits per heavy atom. The molecule has 0 saturated carbocycles. The van der Waals surface area contributed by atoms with Crippen LogP contribution in [0.15, 0.2) is 53.1 Å². The molecule has 7 nitrogen and oxygen atoms in total. The summed E-state index contributed by atoms with van der Waals surface area (Å²) in [6.45, 7) is 1.53. The summed E-state index contributed by atoms with van der Waals surface area (Å²) in [4.78, 5) is 6.40. The largest absolute Gasteiger partial charge is 0.454 e. The first kappa shape index (κ1) is 16.1. The van der Waals surface area contributed by atoms with E-state index in [1.54, 1.807) is 0 Å². The maximum Gasteiger partial charge on any atom is 0.241 e. The number of rotatable bonds is 6. The SMILES string of the molecule is N#CCN(Cc1ccccc1)Cc1nc(-c2ccc3c(c2)OCO3)no1. The first-order chi connectivity index (χ1) is 12.8. The summed E-state index contributed by atoms with van der Waals surface area (Å²) >= 11 is 0. The van der Waals surface area contributed by atoms with Gasteiger partial charge >= 0.3 is 0 Å². The van der Waals surface area contributed by atoms with Crippen molar-refractivity contribution in [3.8, 4) is 29.0 Å². The topological polar surface area (TPSA) is 84.4 Å². The van der Waals surface area contributed by atoms with E-state index in [2.05, 4.69) is 16.2 Å². The van der Waals surface area contributed by atoms with Crippen LogP contribution in [0.4, 0.5) is 0 Å². The van der Waals surface area contributed by atoms with Gasteiger partial charge < -0.3 is 14.0 Å². The highest BCUT2D eigenvalue weighted by atomic mass is 16.7. The Labute approximate surface area is 150 Å². The van der Waals surface area contributed by atoms with Crippen LogP contribution in [-0.4, -0.2) is 28.4 Å². The normalized spacial score (nSPS) is 12.3. The standard InChI is InChI=1S/C19H16N4O3/c20-8-9-23(11-14-4-2-1-3-5-14)12-18-21-19(22-26-18)15-6-7-16-17(10-15)25-13-24-16/h1-7,10H,9,11-13H2. The number of nitriles is 1. The van der Waals surface area contributed by atoms with Crippen molar-refractivity contribution in [1.29, 1.82) is 5.26 Å². The van der Waals surface area contributed by atoms with E-state index in [1.165, 1.54) is 0 Å². The van der Waals surface area contributed by atoms with Crippen molar-refractivity contribution in [1.82, 2.24) is 15.0 Å². The predicted molar refractivity (Wildman–Crippen MR) is 92.0 cm³/mol. The summed E-state index contributed by atoms with van der Waals surface area (Å²) in [5, 5.41) is 13.1. The second-order valence-electron chi connectivity index (χ2n) is 5.87. The summed E-state index contributed by atoms with van der Waals surface area (Å²) in [7, 11) is 0. The molecule has 7 heteroatoms. The van der Waals surface area contributed by atoms with E-state index in [9.17, 15) is 0 Å². The molecule has 1 aliphatic heterocycles. The number of hydrogen-bond donors (Lipinski definition) is 0. The zero-order valence-electron chi connectivity index (χ0n) is 14.0. The van der Waals surface area contributed by atoms with E-state index in [-0.39, 0.29) is 13.3 Å². The summed E-state index contributed by atoms with van der Waals surface area (Å²) in [5.41, 5.74) is 1.91. The fourth-order valence-electron chi connectivity index (χ4n) is 2.77. The third kappa shape index (κ3) is 3.50. The van der Waals surface area contributed by atoms with Crippen LogP contribution in [-0.2, 0) is 13.1 Å². The predicted octanol–water partition coefficient (Wildman–Crippen LogP) is 2.99. The molecule has 130 valence electrons. The highest BCUT2D eigenvalue weighted by Gasteiger charge is 2.17. The molecule has 0 aliphatic carbocycles. The van der Waals surface area contributed by atoms with Crippen LogP contribution >= 0.6 is 0 Å². The molecular formula is C19H16N4O3. The Bertz CT molecular complexity index is 933. The van der Waals surface area contributed by atoms with Crippen molar-refractivity contribution in [2.24, 2.45) is 0 Å². The van der Waals surface area contributed by atoms with Crippen LogP contribution in [0.25, 0.3) is 11.4 Å². The van der Waals surface area contributed by atoms with E-state index in [1.807, 2.05) is 53.4 Å². The third-order valence-corrected chi connectivity index (χ3v) is 4.00. The van der Waals surface area contributed by atoms with Gasteiger partial charge in [0.15, 0.2) is 11.5 Å². The van der Waals surface area contributed by atoms with E-state index < -0.39 is 0 Å². The molecule has 4 rings (SSSR count). The molecule has 0 N–H and O–H groups in total. The number of fused-ring (bicyclic) bond motifs is 1. The van der Waals surface area contributed by atoms with Crippen molar-refractivity contribution in [2.75, 3.05) is 13.3 Å². The summed E-state index contributed by atoms with van der Waals surface area (Å²) in [6, 6.07) is 17.7. The minimum Gasteiger partial charge on any atom is -0.454 e. The Morgan fingerprint density at radius 1 is 1.04 bits per heavy atom. The lowest BCUT2D eigenvalue weighted by Gasteiger charge is -2.16. The average molecular weight is 348 g/mol. The van der Waals surface area contributed by atoms with Crippen LogP contribution in [0.2, 0.25) is 0 Å². The Hall–Kier alpha value is -3.37. The lowest BCUT2D eigenvalue weighted by Crippen LogP contribution is -2.23. The van der Waals surface area contributed by atoms with Crippen LogP contribution < -0.4 is 9.47 Å². The summed E-state index contributed by atoms with van der Waals surface area (Å²) in [6.07, 6.45) is 0. The smallest absolute Gasteiger partial charge is 0.241 e. The molecule has 0 saturated heterocycles. The van der Waals surface area contributed by atoms with Gasteiger partial charge in [-0.2, -0.15) is 10.2 Å². The molecule has 26 heavy (non-hydrogen) atoms. The molecule has 0 spiro atoms. The van der Waals surface area contributed by atoms with Gasteiger partial charge in [-0.3, -0.25) is 4.90 Å². The Kier molecular flexibility index (Phi) is 4.50. The zero-order chi connectivity index (χ0) is 17.8. The van der Waals surface area contributed by atoms with Crippen molar-refractivity contribution >= 4 is 0 Å². The lowest BCUT2D eigenvalue weighted by atomic mass is 10.2. The fourth-order valence-corrected chi connectivity index (χ4v) is 2.77. The quantitative estimate of drug-likeness (QED) is 0.633. The highest BCUT2D eigenvalue weighted by molar-refractivity contribution is 5.61. The van der Waals surface area contributed by atoms with E-state index in [0.717, 1.165) is 11.1 Å². The molecule has 0 unspecified atom stereocenters. The zero-order valence-corrected chi connectivity index (χ0v) is 14.0. The van der Waals surface area contributed by atoms with Gasteiger partial charge in [-0.05, 0) is 23.8 Å². The summed E-state index contributed by atoms with van der Waals surface area (Å²) < 4.78 is 16.1. The second kappa shape index (κ2) is 7.25.